The van der Waals surface area contributed by atoms with Gasteiger partial charge >= 0.3 is 7.82 Å². The summed E-state index contributed by atoms with van der Waals surface area (Å²) in [5.74, 6) is 0.377. The van der Waals surface area contributed by atoms with Crippen LogP contribution in [0.4, 0.5) is 0 Å². The molecular formula is C55H93O4P. The Morgan fingerprint density at radius 3 is 0.817 bits per heavy atom. The average molecular weight is 849 g/mol. The van der Waals surface area contributed by atoms with E-state index in [9.17, 15) is 4.57 Å². The molecule has 0 aromatic carbocycles. The molecule has 0 aromatic rings. The minimum absolute atomic E-state index is 0.107. The molecule has 0 aliphatic rings. The van der Waals surface area contributed by atoms with E-state index in [2.05, 4.69) is 148 Å². The van der Waals surface area contributed by atoms with Gasteiger partial charge in [-0.3, -0.25) is 4.52 Å². The summed E-state index contributed by atoms with van der Waals surface area (Å²) in [7, 11) is -4.35. The third kappa shape index (κ3) is 39.6. The lowest BCUT2D eigenvalue weighted by molar-refractivity contribution is 0.185. The number of rotatable bonds is 34. The molecule has 5 heteroatoms. The van der Waals surface area contributed by atoms with Gasteiger partial charge < -0.3 is 9.79 Å². The molecule has 2 N–H and O–H groups in total. The first-order chi connectivity index (χ1) is 28.4. The smallest absolute Gasteiger partial charge is 0.303 e. The maximum absolute atomic E-state index is 10.8. The predicted octanol–water partition coefficient (Wildman–Crippen LogP) is 18.4. The molecule has 1 atom stereocenters. The van der Waals surface area contributed by atoms with Crippen LogP contribution >= 0.6 is 7.82 Å². The molecule has 0 fully saturated rings. The van der Waals surface area contributed by atoms with Gasteiger partial charge in [0.2, 0.25) is 0 Å². The van der Waals surface area contributed by atoms with Gasteiger partial charge in [0.15, 0.2) is 0 Å². The van der Waals surface area contributed by atoms with Crippen LogP contribution in [0.15, 0.2) is 116 Å². The zero-order valence-electron chi connectivity index (χ0n) is 41.1. The van der Waals surface area contributed by atoms with Gasteiger partial charge in [-0.2, -0.15) is 0 Å². The van der Waals surface area contributed by atoms with Gasteiger partial charge in [0.05, 0.1) is 6.61 Å². The Morgan fingerprint density at radius 1 is 0.383 bits per heavy atom. The summed E-state index contributed by atoms with van der Waals surface area (Å²) in [5.41, 5.74) is 14.9. The first kappa shape index (κ1) is 57.5. The fraction of sp³-hybridized carbons (Fsp3) is 0.636. The van der Waals surface area contributed by atoms with E-state index in [1.54, 1.807) is 0 Å². The van der Waals surface area contributed by atoms with Crippen molar-refractivity contribution >= 4 is 7.82 Å². The summed E-state index contributed by atoms with van der Waals surface area (Å²) in [6, 6.07) is 0. The minimum atomic E-state index is -4.35. The maximum Gasteiger partial charge on any atom is 0.469 e. The number of allylic oxidation sites excluding steroid dienone is 20. The largest absolute Gasteiger partial charge is 0.469 e. The Kier molecular flexibility index (Phi) is 34.5. The van der Waals surface area contributed by atoms with Crippen LogP contribution in [-0.2, 0) is 9.09 Å². The molecule has 0 saturated heterocycles. The van der Waals surface area contributed by atoms with Crippen molar-refractivity contribution in [2.75, 3.05) is 6.61 Å². The lowest BCUT2D eigenvalue weighted by Gasteiger charge is -2.11. The highest BCUT2D eigenvalue weighted by atomic mass is 31.2. The van der Waals surface area contributed by atoms with Gasteiger partial charge in [0.1, 0.15) is 0 Å². The second kappa shape index (κ2) is 36.0. The van der Waals surface area contributed by atoms with E-state index < -0.39 is 7.82 Å². The molecule has 0 rings (SSSR count). The Balaban J connectivity index is 4.25. The average Bonchev–Trinajstić information content (AvgIpc) is 3.14. The number of phosphoric acid groups is 1. The monoisotopic (exact) mass is 849 g/mol. The third-order valence-corrected chi connectivity index (χ3v) is 11.9. The molecule has 4 nitrogen and oxygen atoms in total. The normalized spacial score (nSPS) is 15.3. The quantitative estimate of drug-likeness (QED) is 0.0500. The van der Waals surface area contributed by atoms with E-state index in [-0.39, 0.29) is 6.61 Å². The van der Waals surface area contributed by atoms with Crippen molar-refractivity contribution in [2.45, 2.75) is 218 Å². The van der Waals surface area contributed by atoms with Crippen LogP contribution in [-0.4, -0.2) is 16.4 Å². The Labute approximate surface area is 372 Å². The molecule has 0 amide bonds. The molecule has 0 saturated carbocycles. The van der Waals surface area contributed by atoms with Gasteiger partial charge in [-0.05, 0) is 217 Å². The summed E-state index contributed by atoms with van der Waals surface area (Å²) in [4.78, 5) is 17.6. The van der Waals surface area contributed by atoms with Crippen molar-refractivity contribution in [1.29, 1.82) is 0 Å². The van der Waals surface area contributed by atoms with Crippen molar-refractivity contribution in [3.63, 3.8) is 0 Å². The van der Waals surface area contributed by atoms with Gasteiger partial charge in [-0.15, -0.1) is 0 Å². The van der Waals surface area contributed by atoms with Crippen LogP contribution in [0.1, 0.15) is 218 Å². The fourth-order valence-electron chi connectivity index (χ4n) is 7.01. The van der Waals surface area contributed by atoms with Crippen LogP contribution in [0.25, 0.3) is 0 Å². The van der Waals surface area contributed by atoms with Gasteiger partial charge in [-0.25, -0.2) is 4.57 Å². The van der Waals surface area contributed by atoms with E-state index in [1.165, 1.54) is 75.0 Å². The predicted molar refractivity (Wildman–Crippen MR) is 267 cm³/mol. The van der Waals surface area contributed by atoms with Crippen LogP contribution in [0, 0.1) is 5.92 Å². The van der Waals surface area contributed by atoms with Crippen LogP contribution in [0.2, 0.25) is 0 Å². The Morgan fingerprint density at radius 2 is 0.600 bits per heavy atom. The number of hydrogen-bond donors (Lipinski definition) is 2. The molecule has 0 radical (unpaired) electrons. The summed E-state index contributed by atoms with van der Waals surface area (Å²) in [5, 5.41) is 0. The molecule has 60 heavy (non-hydrogen) atoms. The first-order valence-corrected chi connectivity index (χ1v) is 25.1. The summed E-state index contributed by atoms with van der Waals surface area (Å²) >= 11 is 0. The van der Waals surface area contributed by atoms with Crippen molar-refractivity contribution in [3.8, 4) is 0 Å². The lowest BCUT2D eigenvalue weighted by Crippen LogP contribution is -2.00. The zero-order chi connectivity index (χ0) is 45.2. The second-order valence-electron chi connectivity index (χ2n) is 18.4. The fourth-order valence-corrected chi connectivity index (χ4v) is 7.35. The van der Waals surface area contributed by atoms with Crippen LogP contribution < -0.4 is 0 Å². The molecule has 0 heterocycles. The maximum atomic E-state index is 10.8. The molecule has 0 aliphatic carbocycles. The molecule has 0 spiro atoms. The van der Waals surface area contributed by atoms with E-state index in [1.807, 2.05) is 0 Å². The van der Waals surface area contributed by atoms with E-state index >= 15 is 0 Å². The minimum Gasteiger partial charge on any atom is -0.303 e. The molecule has 0 aromatic heterocycles. The van der Waals surface area contributed by atoms with Crippen molar-refractivity contribution < 1.29 is 18.9 Å². The first-order valence-electron chi connectivity index (χ1n) is 23.6. The van der Waals surface area contributed by atoms with E-state index in [0.29, 0.717) is 12.3 Å². The lowest BCUT2D eigenvalue weighted by atomic mass is 10.0. The summed E-state index contributed by atoms with van der Waals surface area (Å²) < 4.78 is 15.4. The summed E-state index contributed by atoms with van der Waals surface area (Å²) in [6.07, 6.45) is 47.4. The topological polar surface area (TPSA) is 66.8 Å². The van der Waals surface area contributed by atoms with Crippen LogP contribution in [0.5, 0.6) is 0 Å². The highest BCUT2D eigenvalue weighted by molar-refractivity contribution is 7.46. The Bertz CT molecular complexity index is 1540. The molecule has 1 unspecified atom stereocenters. The standard InChI is InChI=1S/C55H93O4P/c1-45(2)23-13-24-46(3)25-14-26-47(4)27-15-28-48(5)29-16-30-49(6)31-17-32-50(7)33-18-34-51(8)35-19-36-52(9)37-20-38-53(10)39-21-40-54(11)41-22-42-55(12)43-44-59-60(56,57)58/h23,25,27,29,31,33,35,37,39,41,55H,13-22,24,26,28,30,32,34,36,38,40,42-44H2,1-12H3,(H2,56,57,58)/b46-25+,47-27+,48-29+,49-31+,50-33+,51-35+,52-37+,53-39+,54-41+. The number of phosphoric ester groups is 1. The second-order valence-corrected chi connectivity index (χ2v) is 19.6. The molecule has 0 aliphatic heterocycles. The van der Waals surface area contributed by atoms with Crippen molar-refractivity contribution in [1.82, 2.24) is 0 Å². The molecule has 0 bridgehead atoms. The highest BCUT2D eigenvalue weighted by Crippen LogP contribution is 2.36. The van der Waals surface area contributed by atoms with Crippen LogP contribution in [0.3, 0.4) is 0 Å². The zero-order valence-corrected chi connectivity index (χ0v) is 42.0. The summed E-state index contributed by atoms with van der Waals surface area (Å²) in [6.45, 7) is 27.0. The van der Waals surface area contributed by atoms with Crippen molar-refractivity contribution in [2.24, 2.45) is 5.92 Å². The molecular weight excluding hydrogens is 756 g/mol. The van der Waals surface area contributed by atoms with E-state index in [4.69, 9.17) is 9.79 Å². The van der Waals surface area contributed by atoms with E-state index in [0.717, 1.165) is 109 Å². The van der Waals surface area contributed by atoms with Crippen molar-refractivity contribution in [3.05, 3.63) is 116 Å². The number of hydrogen-bond acceptors (Lipinski definition) is 2. The van der Waals surface area contributed by atoms with Gasteiger partial charge in [0.25, 0.3) is 0 Å². The Hall–Kier alpha value is -2.49. The highest BCUT2D eigenvalue weighted by Gasteiger charge is 2.14. The SMILES string of the molecule is CC(C)=CCC/C(C)=C/CC/C(C)=C/CC/C(C)=C/CC/C(C)=C/CC/C(C)=C/CC/C(C)=C/CC/C(C)=C/CC/C(C)=C/CC/C(C)=C/CCC(C)CCOP(=O)(O)O. The van der Waals surface area contributed by atoms with Gasteiger partial charge in [0, 0.05) is 0 Å². The van der Waals surface area contributed by atoms with Gasteiger partial charge in [-0.1, -0.05) is 123 Å². The molecule has 342 valence electrons. The third-order valence-electron chi connectivity index (χ3n) is 11.4.